The Bertz CT molecular complexity index is 519. The summed E-state index contributed by atoms with van der Waals surface area (Å²) in [5, 5.41) is 0. The van der Waals surface area contributed by atoms with Gasteiger partial charge in [0.25, 0.3) is 0 Å². The topological polar surface area (TPSA) is 52.6 Å². The average molecular weight is 274 g/mol. The summed E-state index contributed by atoms with van der Waals surface area (Å²) in [5.74, 6) is -1.27. The summed E-state index contributed by atoms with van der Waals surface area (Å²) in [5.41, 5.74) is 1.08. The molecule has 0 saturated carbocycles. The lowest BCUT2D eigenvalue weighted by atomic mass is 9.86. The number of hydrogen-bond acceptors (Lipinski definition) is 4. The van der Waals surface area contributed by atoms with Crippen molar-refractivity contribution in [1.29, 1.82) is 0 Å². The maximum Gasteiger partial charge on any atom is 0.374 e. The fourth-order valence-electron chi connectivity index (χ4n) is 2.24. The molecular weight excluding hydrogens is 256 g/mol. The summed E-state index contributed by atoms with van der Waals surface area (Å²) < 4.78 is 9.95. The minimum Gasteiger partial charge on any atom is -0.460 e. The second-order valence-corrected chi connectivity index (χ2v) is 4.83. The van der Waals surface area contributed by atoms with Gasteiger partial charge in [0, 0.05) is 0 Å². The Labute approximate surface area is 118 Å². The van der Waals surface area contributed by atoms with Crippen molar-refractivity contribution in [2.45, 2.75) is 20.3 Å². The van der Waals surface area contributed by atoms with Crippen molar-refractivity contribution in [1.82, 2.24) is 0 Å². The zero-order chi connectivity index (χ0) is 14.5. The molecule has 0 aromatic heterocycles. The van der Waals surface area contributed by atoms with Gasteiger partial charge < -0.3 is 9.47 Å². The zero-order valence-electron chi connectivity index (χ0n) is 11.7. The first-order valence-electron chi connectivity index (χ1n) is 6.76. The molecule has 0 aliphatic carbocycles. The Morgan fingerprint density at radius 1 is 1.30 bits per heavy atom. The number of benzene rings is 1. The van der Waals surface area contributed by atoms with Crippen molar-refractivity contribution < 1.29 is 19.1 Å². The highest BCUT2D eigenvalue weighted by molar-refractivity contribution is 5.91. The molecule has 0 bridgehead atoms. The van der Waals surface area contributed by atoms with Gasteiger partial charge in [-0.05, 0) is 30.9 Å². The predicted octanol–water partition coefficient (Wildman–Crippen LogP) is 2.49. The quantitative estimate of drug-likeness (QED) is 0.791. The highest BCUT2D eigenvalue weighted by atomic mass is 16.6. The number of ether oxygens (including phenoxy) is 2. The van der Waals surface area contributed by atoms with Gasteiger partial charge in [-0.1, -0.05) is 37.3 Å². The summed E-state index contributed by atoms with van der Waals surface area (Å²) in [6.07, 6.45) is 2.28. The molecule has 0 amide bonds. The fourth-order valence-corrected chi connectivity index (χ4v) is 2.24. The van der Waals surface area contributed by atoms with Crippen LogP contribution in [0.3, 0.4) is 0 Å². The molecule has 4 heteroatoms. The minimum absolute atomic E-state index is 0.00802. The zero-order valence-corrected chi connectivity index (χ0v) is 11.7. The molecule has 1 aromatic carbocycles. The van der Waals surface area contributed by atoms with Gasteiger partial charge in [-0.25, -0.2) is 4.79 Å². The minimum atomic E-state index is -0.578. The van der Waals surface area contributed by atoms with Crippen LogP contribution in [0.2, 0.25) is 0 Å². The molecule has 0 spiro atoms. The number of carbonyl (C=O) groups is 2. The molecule has 0 radical (unpaired) electrons. The maximum atomic E-state index is 12.1. The Morgan fingerprint density at radius 3 is 2.60 bits per heavy atom. The van der Waals surface area contributed by atoms with E-state index in [-0.39, 0.29) is 30.2 Å². The van der Waals surface area contributed by atoms with Crippen LogP contribution in [0.25, 0.3) is 0 Å². The Kier molecular flexibility index (Phi) is 4.56. The molecule has 1 heterocycles. The normalized spacial score (nSPS) is 21.9. The van der Waals surface area contributed by atoms with Crippen LogP contribution in [-0.2, 0) is 25.5 Å². The van der Waals surface area contributed by atoms with Crippen molar-refractivity contribution in [3.63, 3.8) is 0 Å². The van der Waals surface area contributed by atoms with Crippen molar-refractivity contribution in [3.05, 3.63) is 47.7 Å². The molecule has 0 saturated heterocycles. The van der Waals surface area contributed by atoms with Crippen LogP contribution in [-0.4, -0.2) is 18.5 Å². The summed E-state index contributed by atoms with van der Waals surface area (Å²) in [6.45, 7) is 3.88. The largest absolute Gasteiger partial charge is 0.460 e. The van der Waals surface area contributed by atoms with E-state index in [9.17, 15) is 9.59 Å². The molecule has 2 atom stereocenters. The number of esters is 2. The number of allylic oxidation sites excluding steroid dienone is 1. The van der Waals surface area contributed by atoms with Crippen molar-refractivity contribution in [3.8, 4) is 0 Å². The van der Waals surface area contributed by atoms with E-state index in [0.717, 1.165) is 5.56 Å². The summed E-state index contributed by atoms with van der Waals surface area (Å²) in [7, 11) is 0. The Morgan fingerprint density at radius 2 is 2.00 bits per heavy atom. The highest BCUT2D eigenvalue weighted by Gasteiger charge is 2.33. The number of cyclic esters (lactones) is 1. The van der Waals surface area contributed by atoms with Gasteiger partial charge in [0.2, 0.25) is 5.76 Å². The lowest BCUT2D eigenvalue weighted by molar-refractivity contribution is -0.156. The van der Waals surface area contributed by atoms with Crippen molar-refractivity contribution >= 4 is 11.9 Å². The van der Waals surface area contributed by atoms with E-state index in [1.54, 1.807) is 13.0 Å². The first-order chi connectivity index (χ1) is 9.61. The van der Waals surface area contributed by atoms with Gasteiger partial charge in [-0.2, -0.15) is 0 Å². The summed E-state index contributed by atoms with van der Waals surface area (Å²) >= 11 is 0. The van der Waals surface area contributed by atoms with E-state index in [1.807, 2.05) is 37.3 Å². The summed E-state index contributed by atoms with van der Waals surface area (Å²) in [6, 6.07) is 9.77. The Balaban J connectivity index is 2.10. The van der Waals surface area contributed by atoms with Crippen molar-refractivity contribution in [2.75, 3.05) is 6.61 Å². The molecule has 1 aromatic rings. The van der Waals surface area contributed by atoms with Crippen LogP contribution in [0.1, 0.15) is 19.4 Å². The summed E-state index contributed by atoms with van der Waals surface area (Å²) in [4.78, 5) is 23.6. The number of hydrogen-bond donors (Lipinski definition) is 0. The lowest BCUT2D eigenvalue weighted by Gasteiger charge is -2.25. The standard InChI is InChI=1S/C16H18O4/c1-3-19-16(18)14-9-11(2)13(15(17)20-14)10-12-7-5-4-6-8-12/h4-9,11,13H,3,10H2,1-2H3/t11-,13+/m0/s1. The maximum absolute atomic E-state index is 12.1. The predicted molar refractivity (Wildman–Crippen MR) is 73.6 cm³/mol. The Hall–Kier alpha value is -2.10. The van der Waals surface area contributed by atoms with Gasteiger partial charge >= 0.3 is 11.9 Å². The van der Waals surface area contributed by atoms with E-state index in [1.165, 1.54) is 0 Å². The van der Waals surface area contributed by atoms with E-state index in [2.05, 4.69) is 0 Å². The first kappa shape index (κ1) is 14.3. The third-order valence-electron chi connectivity index (χ3n) is 3.34. The molecule has 20 heavy (non-hydrogen) atoms. The molecule has 2 rings (SSSR count). The molecule has 0 N–H and O–H groups in total. The lowest BCUT2D eigenvalue weighted by Crippen LogP contribution is -2.32. The van der Waals surface area contributed by atoms with Gasteiger partial charge in [-0.15, -0.1) is 0 Å². The molecule has 0 unspecified atom stereocenters. The second-order valence-electron chi connectivity index (χ2n) is 4.83. The van der Waals surface area contributed by atoms with Crippen LogP contribution >= 0.6 is 0 Å². The fraction of sp³-hybridized carbons (Fsp3) is 0.375. The molecule has 4 nitrogen and oxygen atoms in total. The van der Waals surface area contributed by atoms with E-state index in [4.69, 9.17) is 9.47 Å². The molecule has 106 valence electrons. The third-order valence-corrected chi connectivity index (χ3v) is 3.34. The van der Waals surface area contributed by atoms with E-state index >= 15 is 0 Å². The average Bonchev–Trinajstić information content (AvgIpc) is 2.44. The van der Waals surface area contributed by atoms with Crippen LogP contribution in [0.5, 0.6) is 0 Å². The first-order valence-corrected chi connectivity index (χ1v) is 6.76. The van der Waals surface area contributed by atoms with Gasteiger partial charge in [0.05, 0.1) is 12.5 Å². The molecule has 0 fully saturated rings. The third kappa shape index (κ3) is 3.26. The van der Waals surface area contributed by atoms with Gasteiger partial charge in [-0.3, -0.25) is 4.79 Å². The van der Waals surface area contributed by atoms with Crippen LogP contribution in [0.15, 0.2) is 42.2 Å². The molecular formula is C16H18O4. The van der Waals surface area contributed by atoms with Gasteiger partial charge in [0.1, 0.15) is 0 Å². The number of rotatable bonds is 4. The smallest absolute Gasteiger partial charge is 0.374 e. The monoisotopic (exact) mass is 274 g/mol. The van der Waals surface area contributed by atoms with Crippen LogP contribution < -0.4 is 0 Å². The van der Waals surface area contributed by atoms with Crippen LogP contribution in [0, 0.1) is 11.8 Å². The highest BCUT2D eigenvalue weighted by Crippen LogP contribution is 2.27. The molecule has 1 aliphatic heterocycles. The number of carbonyl (C=O) groups excluding carboxylic acids is 2. The van der Waals surface area contributed by atoms with Crippen LogP contribution in [0.4, 0.5) is 0 Å². The van der Waals surface area contributed by atoms with E-state index in [0.29, 0.717) is 6.42 Å². The van der Waals surface area contributed by atoms with Gasteiger partial charge in [0.15, 0.2) is 0 Å². The SMILES string of the molecule is CCOC(=O)C1=C[C@H](C)[C@@H](Cc2ccccc2)C(=O)O1. The van der Waals surface area contributed by atoms with E-state index < -0.39 is 5.97 Å². The second kappa shape index (κ2) is 6.37. The molecule has 1 aliphatic rings. The van der Waals surface area contributed by atoms with Crippen molar-refractivity contribution in [2.24, 2.45) is 11.8 Å².